The van der Waals surface area contributed by atoms with Crippen LogP contribution in [-0.2, 0) is 4.79 Å². The van der Waals surface area contributed by atoms with Gasteiger partial charge in [-0.05, 0) is 18.1 Å². The molecule has 1 aliphatic heterocycles. The number of hydrogen-bond acceptors (Lipinski definition) is 3. The second-order valence-electron chi connectivity index (χ2n) is 5.73. The third-order valence-corrected chi connectivity index (χ3v) is 4.09. The van der Waals surface area contributed by atoms with Crippen molar-refractivity contribution < 1.29 is 4.79 Å². The fourth-order valence-corrected chi connectivity index (χ4v) is 2.72. The van der Waals surface area contributed by atoms with Gasteiger partial charge in [-0.15, -0.1) is 0 Å². The van der Waals surface area contributed by atoms with Gasteiger partial charge in [0.05, 0.1) is 5.92 Å². The Kier molecular flexibility index (Phi) is 5.01. The maximum Gasteiger partial charge on any atom is 0.227 e. The molecule has 1 amide bonds. The number of benzene rings is 1. The predicted molar refractivity (Wildman–Crippen MR) is 82.6 cm³/mol. The van der Waals surface area contributed by atoms with Gasteiger partial charge < -0.3 is 15.5 Å². The lowest BCUT2D eigenvalue weighted by molar-refractivity contribution is -0.136. The molecule has 110 valence electrons. The monoisotopic (exact) mass is 275 g/mol. The first-order chi connectivity index (χ1) is 9.63. The molecular weight excluding hydrogens is 250 g/mol. The molecule has 1 aliphatic rings. The number of nitrogens with zero attached hydrogens (tertiary/aromatic N) is 2. The highest BCUT2D eigenvalue weighted by Gasteiger charge is 2.28. The maximum absolute atomic E-state index is 12.4. The zero-order valence-electron chi connectivity index (χ0n) is 12.5. The first kappa shape index (κ1) is 14.9. The van der Waals surface area contributed by atoms with Crippen LogP contribution in [0.1, 0.15) is 13.8 Å². The lowest BCUT2D eigenvalue weighted by Gasteiger charge is -2.38. The third-order valence-electron chi connectivity index (χ3n) is 4.09. The van der Waals surface area contributed by atoms with Crippen LogP contribution in [0.2, 0.25) is 0 Å². The van der Waals surface area contributed by atoms with Crippen molar-refractivity contribution in [1.29, 1.82) is 0 Å². The van der Waals surface area contributed by atoms with Gasteiger partial charge in [0.1, 0.15) is 0 Å². The summed E-state index contributed by atoms with van der Waals surface area (Å²) in [4.78, 5) is 16.7. The van der Waals surface area contributed by atoms with E-state index in [9.17, 15) is 4.79 Å². The Balaban J connectivity index is 1.93. The van der Waals surface area contributed by atoms with Crippen LogP contribution in [0.3, 0.4) is 0 Å². The van der Waals surface area contributed by atoms with Gasteiger partial charge in [-0.1, -0.05) is 32.0 Å². The Bertz CT molecular complexity index is 425. The van der Waals surface area contributed by atoms with Crippen molar-refractivity contribution >= 4 is 11.6 Å². The topological polar surface area (TPSA) is 49.6 Å². The lowest BCUT2D eigenvalue weighted by Crippen LogP contribution is -2.52. The van der Waals surface area contributed by atoms with Gasteiger partial charge in [-0.3, -0.25) is 4.79 Å². The quantitative estimate of drug-likeness (QED) is 0.907. The summed E-state index contributed by atoms with van der Waals surface area (Å²) in [6.07, 6.45) is 0. The second-order valence-corrected chi connectivity index (χ2v) is 5.73. The van der Waals surface area contributed by atoms with Crippen molar-refractivity contribution in [2.75, 3.05) is 37.6 Å². The van der Waals surface area contributed by atoms with E-state index < -0.39 is 0 Å². The minimum atomic E-state index is -0.0433. The predicted octanol–water partition coefficient (Wildman–Crippen LogP) is 1.57. The van der Waals surface area contributed by atoms with Gasteiger partial charge in [0.2, 0.25) is 5.91 Å². The van der Waals surface area contributed by atoms with E-state index in [0.717, 1.165) is 26.2 Å². The van der Waals surface area contributed by atoms with Gasteiger partial charge in [0.25, 0.3) is 0 Å². The van der Waals surface area contributed by atoms with Gasteiger partial charge in [-0.25, -0.2) is 0 Å². The number of para-hydroxylation sites is 1. The summed E-state index contributed by atoms with van der Waals surface area (Å²) in [5.74, 6) is 0.480. The minimum Gasteiger partial charge on any atom is -0.368 e. The largest absolute Gasteiger partial charge is 0.368 e. The van der Waals surface area contributed by atoms with Gasteiger partial charge in [-0.2, -0.15) is 0 Å². The summed E-state index contributed by atoms with van der Waals surface area (Å²) < 4.78 is 0. The molecule has 1 saturated heterocycles. The van der Waals surface area contributed by atoms with Crippen LogP contribution in [-0.4, -0.2) is 43.5 Å². The van der Waals surface area contributed by atoms with Crippen molar-refractivity contribution in [1.82, 2.24) is 4.90 Å². The van der Waals surface area contributed by atoms with Crippen LogP contribution >= 0.6 is 0 Å². The van der Waals surface area contributed by atoms with Gasteiger partial charge in [0.15, 0.2) is 0 Å². The molecule has 1 heterocycles. The highest BCUT2D eigenvalue weighted by atomic mass is 16.2. The Hall–Kier alpha value is -1.55. The Labute approximate surface area is 121 Å². The molecule has 0 radical (unpaired) electrons. The van der Waals surface area contributed by atoms with E-state index >= 15 is 0 Å². The molecule has 0 bridgehead atoms. The van der Waals surface area contributed by atoms with Crippen molar-refractivity contribution in [2.24, 2.45) is 17.6 Å². The number of carbonyl (C=O) groups is 1. The van der Waals surface area contributed by atoms with Crippen molar-refractivity contribution in [3.8, 4) is 0 Å². The highest BCUT2D eigenvalue weighted by Crippen LogP contribution is 2.18. The van der Waals surface area contributed by atoms with Crippen LogP contribution in [0.4, 0.5) is 5.69 Å². The van der Waals surface area contributed by atoms with E-state index in [1.807, 2.05) is 11.0 Å². The molecule has 4 nitrogen and oxygen atoms in total. The molecule has 1 fully saturated rings. The molecule has 2 rings (SSSR count). The third kappa shape index (κ3) is 3.31. The summed E-state index contributed by atoms with van der Waals surface area (Å²) in [5.41, 5.74) is 6.98. The normalized spacial score (nSPS) is 17.4. The van der Waals surface area contributed by atoms with Crippen LogP contribution in [0.5, 0.6) is 0 Å². The maximum atomic E-state index is 12.4. The molecular formula is C16H25N3O. The standard InChI is InChI=1S/C16H25N3O/c1-13(2)15(12-17)16(20)19-10-8-18(9-11-19)14-6-4-3-5-7-14/h3-7,13,15H,8-12,17H2,1-2H3. The first-order valence-electron chi connectivity index (χ1n) is 7.42. The summed E-state index contributed by atoms with van der Waals surface area (Å²) >= 11 is 0. The Morgan fingerprint density at radius 2 is 1.75 bits per heavy atom. The van der Waals surface area contributed by atoms with E-state index in [1.54, 1.807) is 0 Å². The Morgan fingerprint density at radius 1 is 1.15 bits per heavy atom. The summed E-state index contributed by atoms with van der Waals surface area (Å²) in [7, 11) is 0. The average Bonchev–Trinajstić information content (AvgIpc) is 2.48. The molecule has 20 heavy (non-hydrogen) atoms. The zero-order chi connectivity index (χ0) is 14.5. The SMILES string of the molecule is CC(C)C(CN)C(=O)N1CCN(c2ccccc2)CC1. The second kappa shape index (κ2) is 6.75. The fourth-order valence-electron chi connectivity index (χ4n) is 2.72. The van der Waals surface area contributed by atoms with Crippen molar-refractivity contribution in [3.63, 3.8) is 0 Å². The molecule has 4 heteroatoms. The fraction of sp³-hybridized carbons (Fsp3) is 0.562. The van der Waals surface area contributed by atoms with E-state index in [-0.39, 0.29) is 11.8 Å². The Morgan fingerprint density at radius 3 is 2.25 bits per heavy atom. The summed E-state index contributed by atoms with van der Waals surface area (Å²) in [6, 6.07) is 10.4. The van der Waals surface area contributed by atoms with Crippen molar-refractivity contribution in [3.05, 3.63) is 30.3 Å². The number of anilines is 1. The molecule has 1 unspecified atom stereocenters. The van der Waals surface area contributed by atoms with E-state index in [1.165, 1.54) is 5.69 Å². The highest BCUT2D eigenvalue weighted by molar-refractivity contribution is 5.79. The van der Waals surface area contributed by atoms with Crippen LogP contribution in [0, 0.1) is 11.8 Å². The van der Waals surface area contributed by atoms with Crippen LogP contribution in [0.25, 0.3) is 0 Å². The minimum absolute atomic E-state index is 0.0433. The molecule has 1 atom stereocenters. The molecule has 0 aromatic heterocycles. The van der Waals surface area contributed by atoms with E-state index in [4.69, 9.17) is 5.73 Å². The number of piperazine rings is 1. The number of rotatable bonds is 4. The molecule has 0 saturated carbocycles. The molecule has 0 spiro atoms. The number of carbonyl (C=O) groups excluding carboxylic acids is 1. The number of nitrogens with two attached hydrogens (primary N) is 1. The molecule has 1 aromatic carbocycles. The number of hydrogen-bond donors (Lipinski definition) is 1. The van der Waals surface area contributed by atoms with Gasteiger partial charge in [0, 0.05) is 38.4 Å². The first-order valence-corrected chi connectivity index (χ1v) is 7.42. The molecule has 2 N–H and O–H groups in total. The van der Waals surface area contributed by atoms with Crippen molar-refractivity contribution in [2.45, 2.75) is 13.8 Å². The summed E-state index contributed by atoms with van der Waals surface area (Å²) in [6.45, 7) is 7.94. The smallest absolute Gasteiger partial charge is 0.227 e. The average molecular weight is 275 g/mol. The van der Waals surface area contributed by atoms with Crippen LogP contribution in [0.15, 0.2) is 30.3 Å². The van der Waals surface area contributed by atoms with Crippen LogP contribution < -0.4 is 10.6 Å². The number of amides is 1. The summed E-state index contributed by atoms with van der Waals surface area (Å²) in [5, 5.41) is 0. The van der Waals surface area contributed by atoms with E-state index in [0.29, 0.717) is 12.5 Å². The van der Waals surface area contributed by atoms with Gasteiger partial charge >= 0.3 is 0 Å². The van der Waals surface area contributed by atoms with E-state index in [2.05, 4.69) is 43.0 Å². The molecule has 1 aromatic rings. The lowest BCUT2D eigenvalue weighted by atomic mass is 9.94. The molecule has 0 aliphatic carbocycles. The zero-order valence-corrected chi connectivity index (χ0v) is 12.5.